The zero-order chi connectivity index (χ0) is 15.8. The Morgan fingerprint density at radius 2 is 2.13 bits per heavy atom. The van der Waals surface area contributed by atoms with E-state index in [1.165, 1.54) is 37.3 Å². The number of rotatable bonds is 3. The lowest BCUT2D eigenvalue weighted by Crippen LogP contribution is -2.57. The van der Waals surface area contributed by atoms with Gasteiger partial charge in [0.25, 0.3) is 5.91 Å². The smallest absolute Gasteiger partial charge is 0.261 e. The molecule has 0 radical (unpaired) electrons. The fraction of sp³-hybridized carbons (Fsp3) is 0.412. The lowest BCUT2D eigenvalue weighted by molar-refractivity contribution is 0.0622. The van der Waals surface area contributed by atoms with Crippen LogP contribution in [0, 0.1) is 5.92 Å². The molecule has 1 N–H and O–H groups in total. The number of fused-ring (bicyclic) bond motifs is 3. The molecule has 1 amide bonds. The molecule has 23 heavy (non-hydrogen) atoms. The van der Waals surface area contributed by atoms with Crippen LogP contribution in [0.3, 0.4) is 0 Å². The maximum Gasteiger partial charge on any atom is 0.261 e. The van der Waals surface area contributed by atoms with Gasteiger partial charge in [0, 0.05) is 35.4 Å². The molecule has 3 aliphatic rings. The Morgan fingerprint density at radius 1 is 1.30 bits per heavy atom. The molecule has 1 atom stereocenters. The van der Waals surface area contributed by atoms with Crippen molar-refractivity contribution >= 4 is 28.8 Å². The van der Waals surface area contributed by atoms with Crippen LogP contribution in [-0.4, -0.2) is 41.5 Å². The summed E-state index contributed by atoms with van der Waals surface area (Å²) in [5, 5.41) is 3.84. The van der Waals surface area contributed by atoms with E-state index < -0.39 is 0 Å². The molecule has 120 valence electrons. The molecular formula is C17H18ClN3OS. The Bertz CT molecular complexity index is 724. The molecule has 0 aliphatic carbocycles. The number of carbonyl (C=O) groups excluding carboxylic acids is 1. The molecule has 3 fully saturated rings. The topological polar surface area (TPSA) is 45.2 Å². The third-order valence-corrected chi connectivity index (χ3v) is 6.13. The van der Waals surface area contributed by atoms with Crippen molar-refractivity contribution in [2.45, 2.75) is 18.9 Å². The minimum absolute atomic E-state index is 0.0370. The number of halogens is 1. The molecule has 2 aromatic rings. The average molecular weight is 348 g/mol. The first kappa shape index (κ1) is 15.1. The fourth-order valence-corrected chi connectivity index (χ4v) is 4.59. The van der Waals surface area contributed by atoms with Crippen molar-refractivity contribution in [3.8, 4) is 10.4 Å². The van der Waals surface area contributed by atoms with Gasteiger partial charge in [-0.1, -0.05) is 11.6 Å². The van der Waals surface area contributed by atoms with Crippen molar-refractivity contribution in [2.75, 3.05) is 19.6 Å². The van der Waals surface area contributed by atoms with Crippen molar-refractivity contribution in [1.29, 1.82) is 0 Å². The van der Waals surface area contributed by atoms with E-state index >= 15 is 0 Å². The summed E-state index contributed by atoms with van der Waals surface area (Å²) in [6, 6.07) is 6.01. The zero-order valence-electron chi connectivity index (χ0n) is 12.7. The van der Waals surface area contributed by atoms with E-state index in [2.05, 4.69) is 15.2 Å². The summed E-state index contributed by atoms with van der Waals surface area (Å²) in [6.45, 7) is 3.36. The fourth-order valence-electron chi connectivity index (χ4n) is 3.53. The van der Waals surface area contributed by atoms with E-state index in [1.807, 2.05) is 18.2 Å². The molecular weight excluding hydrogens is 330 g/mol. The number of nitrogens with one attached hydrogen (secondary N) is 1. The molecule has 5 heterocycles. The van der Waals surface area contributed by atoms with Crippen LogP contribution in [0.1, 0.15) is 22.5 Å². The predicted octanol–water partition coefficient (Wildman–Crippen LogP) is 3.29. The highest BCUT2D eigenvalue weighted by Gasteiger charge is 2.35. The summed E-state index contributed by atoms with van der Waals surface area (Å²) in [6.07, 6.45) is 5.79. The number of aromatic nitrogens is 1. The third-order valence-electron chi connectivity index (χ3n) is 4.79. The molecule has 5 rings (SSSR count). The van der Waals surface area contributed by atoms with Crippen molar-refractivity contribution in [3.05, 3.63) is 40.5 Å². The molecule has 0 aromatic carbocycles. The summed E-state index contributed by atoms with van der Waals surface area (Å²) < 4.78 is 0. The van der Waals surface area contributed by atoms with E-state index in [4.69, 9.17) is 11.6 Å². The molecule has 4 nitrogen and oxygen atoms in total. The van der Waals surface area contributed by atoms with Gasteiger partial charge >= 0.3 is 0 Å². The Balaban J connectivity index is 1.47. The van der Waals surface area contributed by atoms with Gasteiger partial charge in [-0.15, -0.1) is 11.3 Å². The SMILES string of the molecule is O=C(N[C@H]1CN2CCC1CC2)c1ccc(-c2cncc(Cl)c2)s1. The number of carbonyl (C=O) groups is 1. The van der Waals surface area contributed by atoms with E-state index in [-0.39, 0.29) is 5.91 Å². The Morgan fingerprint density at radius 3 is 2.83 bits per heavy atom. The van der Waals surface area contributed by atoms with Crippen LogP contribution < -0.4 is 5.32 Å². The summed E-state index contributed by atoms with van der Waals surface area (Å²) in [5.41, 5.74) is 0.949. The van der Waals surface area contributed by atoms with Crippen LogP contribution >= 0.6 is 22.9 Å². The lowest BCUT2D eigenvalue weighted by Gasteiger charge is -2.44. The van der Waals surface area contributed by atoms with E-state index in [1.54, 1.807) is 12.4 Å². The second-order valence-corrected chi connectivity index (χ2v) is 7.79. The van der Waals surface area contributed by atoms with Crippen LogP contribution in [0.2, 0.25) is 5.02 Å². The van der Waals surface area contributed by atoms with Crippen molar-refractivity contribution in [3.63, 3.8) is 0 Å². The molecule has 3 saturated heterocycles. The molecule has 3 aliphatic heterocycles. The maximum absolute atomic E-state index is 12.5. The Labute approximate surface area is 144 Å². The molecule has 0 unspecified atom stereocenters. The zero-order valence-corrected chi connectivity index (χ0v) is 14.2. The summed E-state index contributed by atoms with van der Waals surface area (Å²) in [5.74, 6) is 0.676. The second-order valence-electron chi connectivity index (χ2n) is 6.27. The Hall–Kier alpha value is -1.43. The van der Waals surface area contributed by atoms with E-state index in [0.717, 1.165) is 21.9 Å². The third kappa shape index (κ3) is 3.13. The van der Waals surface area contributed by atoms with Crippen LogP contribution in [0.15, 0.2) is 30.6 Å². The first-order chi connectivity index (χ1) is 11.2. The van der Waals surface area contributed by atoms with Crippen molar-refractivity contribution < 1.29 is 4.79 Å². The number of amides is 1. The van der Waals surface area contributed by atoms with E-state index in [0.29, 0.717) is 17.0 Å². The van der Waals surface area contributed by atoms with Gasteiger partial charge in [-0.25, -0.2) is 0 Å². The number of hydrogen-bond donors (Lipinski definition) is 1. The average Bonchev–Trinajstić information content (AvgIpc) is 3.06. The van der Waals surface area contributed by atoms with Crippen molar-refractivity contribution in [1.82, 2.24) is 15.2 Å². The predicted molar refractivity (Wildman–Crippen MR) is 93.0 cm³/mol. The van der Waals surface area contributed by atoms with Gasteiger partial charge in [-0.3, -0.25) is 9.78 Å². The summed E-state index contributed by atoms with van der Waals surface area (Å²) in [4.78, 5) is 20.8. The summed E-state index contributed by atoms with van der Waals surface area (Å²) in [7, 11) is 0. The first-order valence-corrected chi connectivity index (χ1v) is 9.12. The highest BCUT2D eigenvalue weighted by Crippen LogP contribution is 2.30. The number of pyridine rings is 1. The van der Waals surface area contributed by atoms with Crippen LogP contribution in [0.4, 0.5) is 0 Å². The number of piperidine rings is 3. The van der Waals surface area contributed by atoms with Gasteiger partial charge < -0.3 is 10.2 Å². The molecule has 2 aromatic heterocycles. The van der Waals surface area contributed by atoms with Gasteiger partial charge in [-0.2, -0.15) is 0 Å². The quantitative estimate of drug-likeness (QED) is 0.926. The highest BCUT2D eigenvalue weighted by atomic mass is 35.5. The van der Waals surface area contributed by atoms with Gasteiger partial charge in [-0.05, 0) is 50.0 Å². The number of nitrogens with zero attached hydrogens (tertiary/aromatic N) is 2. The second kappa shape index (κ2) is 6.23. The van der Waals surface area contributed by atoms with Crippen LogP contribution in [-0.2, 0) is 0 Å². The first-order valence-electron chi connectivity index (χ1n) is 7.93. The van der Waals surface area contributed by atoms with E-state index in [9.17, 15) is 4.79 Å². The largest absolute Gasteiger partial charge is 0.347 e. The maximum atomic E-state index is 12.5. The Kier molecular flexibility index (Phi) is 4.09. The van der Waals surface area contributed by atoms with Gasteiger partial charge in [0.05, 0.1) is 9.90 Å². The number of thiophene rings is 1. The minimum atomic E-state index is 0.0370. The molecule has 0 spiro atoms. The van der Waals surface area contributed by atoms with Crippen molar-refractivity contribution in [2.24, 2.45) is 5.92 Å². The highest BCUT2D eigenvalue weighted by molar-refractivity contribution is 7.17. The number of hydrogen-bond acceptors (Lipinski definition) is 4. The standard InChI is InChI=1S/C17H18ClN3OS/c18-13-7-12(8-19-9-13)15-1-2-16(23-15)17(22)20-14-10-21-5-3-11(14)4-6-21/h1-2,7-9,11,14H,3-6,10H2,(H,20,22)/t14-/m0/s1. The van der Waals surface area contributed by atoms with Gasteiger partial charge in [0.15, 0.2) is 0 Å². The van der Waals surface area contributed by atoms with Crippen LogP contribution in [0.5, 0.6) is 0 Å². The molecule has 0 saturated carbocycles. The van der Waals surface area contributed by atoms with Gasteiger partial charge in [0.2, 0.25) is 0 Å². The monoisotopic (exact) mass is 347 g/mol. The molecule has 6 heteroatoms. The van der Waals surface area contributed by atoms with Gasteiger partial charge in [0.1, 0.15) is 0 Å². The molecule has 2 bridgehead atoms. The lowest BCUT2D eigenvalue weighted by atomic mass is 9.84. The summed E-state index contributed by atoms with van der Waals surface area (Å²) >= 11 is 7.47. The normalized spacial score (nSPS) is 26.2. The minimum Gasteiger partial charge on any atom is -0.347 e. The van der Waals surface area contributed by atoms with Crippen LogP contribution in [0.25, 0.3) is 10.4 Å².